The molecule has 0 spiro atoms. The number of carboxylic acids is 2. The number of nitrogens with zero attached hydrogens (tertiary/aromatic N) is 1. The molecule has 1 aliphatic carbocycles. The number of hydrogen-bond acceptors (Lipinski definition) is 3. The van der Waals surface area contributed by atoms with Crippen LogP contribution in [0.3, 0.4) is 0 Å². The summed E-state index contributed by atoms with van der Waals surface area (Å²) in [4.78, 5) is 23.7. The second-order valence-corrected chi connectivity index (χ2v) is 7.28. The third-order valence-electron chi connectivity index (χ3n) is 5.17. The van der Waals surface area contributed by atoms with Crippen LogP contribution in [0.25, 0.3) is 5.73 Å². The van der Waals surface area contributed by atoms with E-state index in [4.69, 9.17) is 15.9 Å². The van der Waals surface area contributed by atoms with Gasteiger partial charge in [0.25, 0.3) is 0 Å². The van der Waals surface area contributed by atoms with Gasteiger partial charge in [-0.3, -0.25) is 9.59 Å². The fourth-order valence-corrected chi connectivity index (χ4v) is 3.43. The van der Waals surface area contributed by atoms with E-state index in [1.165, 1.54) is 38.5 Å². The predicted molar refractivity (Wildman–Crippen MR) is 105 cm³/mol. The molecule has 27 heavy (non-hydrogen) atoms. The molecule has 0 bridgehead atoms. The van der Waals surface area contributed by atoms with E-state index in [-0.39, 0.29) is 41.0 Å². The van der Waals surface area contributed by atoms with Gasteiger partial charge >= 0.3 is 33.0 Å². The number of likely N-dealkylation sites (tertiary alicyclic amines) is 1. The van der Waals surface area contributed by atoms with Crippen molar-refractivity contribution in [2.24, 2.45) is 11.8 Å². The van der Waals surface area contributed by atoms with Crippen molar-refractivity contribution < 1.29 is 40.9 Å². The van der Waals surface area contributed by atoms with Crippen LogP contribution in [-0.2, 0) is 30.7 Å². The third kappa shape index (κ3) is 12.6. The molecule has 0 aromatic rings. The normalized spacial score (nSPS) is 22.6. The van der Waals surface area contributed by atoms with Crippen molar-refractivity contribution in [3.05, 3.63) is 12.7 Å². The van der Waals surface area contributed by atoms with Crippen LogP contribution in [0.2, 0.25) is 0 Å². The monoisotopic (exact) mass is 565 g/mol. The van der Waals surface area contributed by atoms with E-state index < -0.39 is 17.9 Å². The molecule has 162 valence electrons. The standard InChI is InChI=1S/C12H21NO4.C7H13N.CH4.Pt/c14-11(15)10(12(16)17)6-2-5-9-13-7-3-1-4-8-13;1-6-4-2-3-5-7(6)8;;/h10H,1-9H2,(H,14,15)(H,16,17);6-8H,1-5H2;1H4;/q;-2;;+2. The van der Waals surface area contributed by atoms with Crippen LogP contribution in [0.15, 0.2) is 0 Å². The zero-order valence-corrected chi connectivity index (χ0v) is 17.9. The van der Waals surface area contributed by atoms with Crippen molar-refractivity contribution in [3.63, 3.8) is 0 Å². The fraction of sp³-hybridized carbons (Fsp3) is 0.850. The molecule has 2 fully saturated rings. The minimum Gasteiger partial charge on any atom is -0.677 e. The Morgan fingerprint density at radius 1 is 1.00 bits per heavy atom. The maximum Gasteiger partial charge on any atom is 2.00 e. The first-order valence-electron chi connectivity index (χ1n) is 9.64. The number of rotatable bonds is 7. The summed E-state index contributed by atoms with van der Waals surface area (Å²) in [6.07, 6.45) is 10.4. The van der Waals surface area contributed by atoms with Gasteiger partial charge in [0.2, 0.25) is 0 Å². The number of unbranched alkanes of at least 4 members (excludes halogenated alkanes) is 1. The Labute approximate surface area is 179 Å². The van der Waals surface area contributed by atoms with Crippen LogP contribution in [-0.4, -0.2) is 52.7 Å². The van der Waals surface area contributed by atoms with Gasteiger partial charge < -0.3 is 27.8 Å². The molecule has 7 heteroatoms. The van der Waals surface area contributed by atoms with Crippen molar-refractivity contribution in [3.8, 4) is 0 Å². The van der Waals surface area contributed by atoms with E-state index in [0.29, 0.717) is 12.3 Å². The molecule has 0 aromatic carbocycles. The summed E-state index contributed by atoms with van der Waals surface area (Å²) in [5, 5.41) is 17.4. The van der Waals surface area contributed by atoms with Crippen LogP contribution in [0.1, 0.15) is 71.6 Å². The third-order valence-corrected chi connectivity index (χ3v) is 5.17. The maximum atomic E-state index is 10.6. The van der Waals surface area contributed by atoms with E-state index >= 15 is 0 Å². The predicted octanol–water partition coefficient (Wildman–Crippen LogP) is 4.49. The zero-order valence-electron chi connectivity index (χ0n) is 15.6. The first-order chi connectivity index (χ1) is 11.9. The van der Waals surface area contributed by atoms with Crippen LogP contribution in [0, 0.1) is 18.8 Å². The molecule has 6 nitrogen and oxygen atoms in total. The van der Waals surface area contributed by atoms with Crippen LogP contribution in [0.4, 0.5) is 0 Å². The molecule has 2 aliphatic rings. The average Bonchev–Trinajstić information content (AvgIpc) is 2.58. The molecule has 2 rings (SSSR count). The Morgan fingerprint density at radius 2 is 1.56 bits per heavy atom. The minimum absolute atomic E-state index is 0. The number of nitrogens with one attached hydrogen (secondary N) is 1. The Bertz CT molecular complexity index is 379. The van der Waals surface area contributed by atoms with Gasteiger partial charge in [0.1, 0.15) is 0 Å². The van der Waals surface area contributed by atoms with Gasteiger partial charge in [0, 0.05) is 0 Å². The molecule has 1 aliphatic heterocycles. The van der Waals surface area contributed by atoms with Crippen molar-refractivity contribution in [1.29, 1.82) is 0 Å². The molecule has 2 unspecified atom stereocenters. The first-order valence-corrected chi connectivity index (χ1v) is 9.64. The van der Waals surface area contributed by atoms with E-state index in [1.54, 1.807) is 0 Å². The second kappa shape index (κ2) is 16.5. The van der Waals surface area contributed by atoms with Crippen molar-refractivity contribution in [2.75, 3.05) is 19.6 Å². The SMILES string of the molecule is C.O=C(O)C(CCCCN1CCCCC1)C(=O)O.[CH2-]C1CCCCC1[NH-].[Pt+2]. The Morgan fingerprint density at radius 3 is 2.00 bits per heavy atom. The number of aliphatic carboxylic acids is 2. The number of hydrogen-bond donors (Lipinski definition) is 2. The Hall–Kier alpha value is -0.452. The van der Waals surface area contributed by atoms with Gasteiger partial charge in [0.05, 0.1) is 0 Å². The summed E-state index contributed by atoms with van der Waals surface area (Å²) in [5.41, 5.74) is 7.42. The average molecular weight is 566 g/mol. The molecule has 1 saturated carbocycles. The summed E-state index contributed by atoms with van der Waals surface area (Å²) in [7, 11) is 0. The quantitative estimate of drug-likeness (QED) is 0.269. The molecule has 0 aromatic heterocycles. The van der Waals surface area contributed by atoms with Crippen LogP contribution >= 0.6 is 0 Å². The van der Waals surface area contributed by atoms with E-state index in [1.807, 2.05) is 0 Å². The molecular formula is C20H38N2O4Pt. The molecule has 0 radical (unpaired) electrons. The van der Waals surface area contributed by atoms with Gasteiger partial charge in [0.15, 0.2) is 5.92 Å². The van der Waals surface area contributed by atoms with Crippen molar-refractivity contribution >= 4 is 11.9 Å². The second-order valence-electron chi connectivity index (χ2n) is 7.28. The smallest absolute Gasteiger partial charge is 0.677 e. The summed E-state index contributed by atoms with van der Waals surface area (Å²) in [5.74, 6) is -3.27. The minimum atomic E-state index is -1.24. The fourth-order valence-electron chi connectivity index (χ4n) is 3.43. The van der Waals surface area contributed by atoms with Crippen LogP contribution < -0.4 is 0 Å². The summed E-state index contributed by atoms with van der Waals surface area (Å²) in [6.45, 7) is 7.11. The van der Waals surface area contributed by atoms with Crippen molar-refractivity contribution in [1.82, 2.24) is 4.90 Å². The topological polar surface area (TPSA) is 102 Å². The Balaban J connectivity index is 0. The largest absolute Gasteiger partial charge is 2.00 e. The summed E-state index contributed by atoms with van der Waals surface area (Å²) < 4.78 is 0. The van der Waals surface area contributed by atoms with Crippen molar-refractivity contribution in [2.45, 2.75) is 77.7 Å². The molecule has 3 N–H and O–H groups in total. The molecule has 1 saturated heterocycles. The van der Waals surface area contributed by atoms with Crippen LogP contribution in [0.5, 0.6) is 0 Å². The van der Waals surface area contributed by atoms with E-state index in [2.05, 4.69) is 11.8 Å². The summed E-state index contributed by atoms with van der Waals surface area (Å²) in [6, 6.07) is 0.142. The molecule has 0 amide bonds. The maximum absolute atomic E-state index is 10.6. The van der Waals surface area contributed by atoms with Gasteiger partial charge in [-0.1, -0.05) is 46.0 Å². The molecular weight excluding hydrogens is 527 g/mol. The van der Waals surface area contributed by atoms with E-state index in [0.717, 1.165) is 32.5 Å². The van der Waals surface area contributed by atoms with Gasteiger partial charge in [-0.15, -0.1) is 0 Å². The van der Waals surface area contributed by atoms with Gasteiger partial charge in [-0.05, 0) is 45.3 Å². The number of carbonyl (C=O) groups is 2. The summed E-state index contributed by atoms with van der Waals surface area (Å²) >= 11 is 0. The molecule has 2 atom stereocenters. The van der Waals surface area contributed by atoms with Gasteiger partial charge in [-0.2, -0.15) is 12.0 Å². The molecule has 1 heterocycles. The zero-order chi connectivity index (χ0) is 18.7. The van der Waals surface area contributed by atoms with Gasteiger partial charge in [-0.25, -0.2) is 0 Å². The Kier molecular flexibility index (Phi) is 17.6. The number of carboxylic acid groups (broad SMARTS) is 2. The first kappa shape index (κ1) is 28.8. The number of piperidine rings is 1. The van der Waals surface area contributed by atoms with E-state index in [9.17, 15) is 9.59 Å².